The molecule has 0 radical (unpaired) electrons. The van der Waals surface area contributed by atoms with Gasteiger partial charge in [0.15, 0.2) is 0 Å². The molecule has 0 aliphatic heterocycles. The van der Waals surface area contributed by atoms with E-state index in [4.69, 9.17) is 5.11 Å². The predicted molar refractivity (Wildman–Crippen MR) is 30.9 cm³/mol. The van der Waals surface area contributed by atoms with Gasteiger partial charge in [-0.2, -0.15) is 0 Å². The topological polar surface area (TPSA) is 20.2 Å². The lowest BCUT2D eigenvalue weighted by atomic mass is 10.3. The minimum absolute atomic E-state index is 0.123. The first-order chi connectivity index (χ1) is 2.77. The second kappa shape index (κ2) is 3.58. The molecule has 1 unspecified atom stereocenters. The fourth-order valence-corrected chi connectivity index (χ4v) is 0.724. The minimum Gasteiger partial charge on any atom is -0.393 e. The molecule has 38 valence electrons. The van der Waals surface area contributed by atoms with Gasteiger partial charge >= 0.3 is 0 Å². The van der Waals surface area contributed by atoms with Crippen molar-refractivity contribution in [3.05, 3.63) is 0 Å². The predicted octanol–water partition coefficient (Wildman–Crippen LogP) is 0.632. The highest BCUT2D eigenvalue weighted by atomic mass is 31.0. The van der Waals surface area contributed by atoms with E-state index < -0.39 is 0 Å². The van der Waals surface area contributed by atoms with Crippen LogP contribution in [0.2, 0.25) is 0 Å². The van der Waals surface area contributed by atoms with Gasteiger partial charge in [-0.1, -0.05) is 0 Å². The summed E-state index contributed by atoms with van der Waals surface area (Å²) in [5.41, 5.74) is 0. The Labute approximate surface area is 41.0 Å². The molecule has 0 aliphatic carbocycles. The van der Waals surface area contributed by atoms with E-state index in [9.17, 15) is 0 Å². The summed E-state index contributed by atoms with van der Waals surface area (Å²) in [6.07, 6.45) is 1.77. The van der Waals surface area contributed by atoms with Crippen LogP contribution in [0.5, 0.6) is 0 Å². The molecule has 0 aromatic carbocycles. The van der Waals surface area contributed by atoms with Gasteiger partial charge in [-0.25, -0.2) is 0 Å². The molecule has 0 aliphatic rings. The van der Waals surface area contributed by atoms with Gasteiger partial charge in [0, 0.05) is 0 Å². The summed E-state index contributed by atoms with van der Waals surface area (Å²) in [4.78, 5) is 0. The first kappa shape index (κ1) is 6.39. The lowest BCUT2D eigenvalue weighted by Gasteiger charge is -1.95. The molecule has 2 atom stereocenters. The van der Waals surface area contributed by atoms with E-state index in [1.807, 2.05) is 0 Å². The summed E-state index contributed by atoms with van der Waals surface area (Å²) < 4.78 is 0. The molecule has 0 rings (SSSR count). The van der Waals surface area contributed by atoms with Crippen LogP contribution in [0.15, 0.2) is 0 Å². The van der Waals surface area contributed by atoms with Gasteiger partial charge in [-0.15, -0.1) is 9.24 Å². The molecule has 1 N–H and O–H groups in total. The van der Waals surface area contributed by atoms with Gasteiger partial charge in [0.1, 0.15) is 0 Å². The Morgan fingerprint density at radius 2 is 2.33 bits per heavy atom. The number of rotatable bonds is 2. The quantitative estimate of drug-likeness (QED) is 0.512. The Morgan fingerprint density at radius 3 is 2.33 bits per heavy atom. The summed E-state index contributed by atoms with van der Waals surface area (Å²) in [7, 11) is 2.56. The first-order valence-corrected chi connectivity index (χ1v) is 2.97. The maximum Gasteiger partial charge on any atom is 0.0515 e. The first-order valence-electron chi connectivity index (χ1n) is 2.15. The van der Waals surface area contributed by atoms with Gasteiger partial charge in [0.2, 0.25) is 0 Å². The average molecular weight is 106 g/mol. The fraction of sp³-hybridized carbons (Fsp3) is 1.00. The number of aliphatic hydroxyl groups is 1. The second-order valence-corrected chi connectivity index (χ2v) is 2.00. The molecule has 0 heterocycles. The van der Waals surface area contributed by atoms with E-state index >= 15 is 0 Å². The third-order valence-corrected chi connectivity index (χ3v) is 0.918. The van der Waals surface area contributed by atoms with Crippen molar-refractivity contribution < 1.29 is 5.11 Å². The van der Waals surface area contributed by atoms with Gasteiger partial charge in [-0.3, -0.25) is 0 Å². The molecule has 1 nitrogen and oxygen atoms in total. The highest BCUT2D eigenvalue weighted by Crippen LogP contribution is 1.92. The Bertz CT molecular complexity index is 28.7. The van der Waals surface area contributed by atoms with Crippen LogP contribution in [0, 0.1) is 0 Å². The van der Waals surface area contributed by atoms with Crippen molar-refractivity contribution in [3.8, 4) is 0 Å². The average Bonchev–Trinajstić information content (AvgIpc) is 1.35. The zero-order valence-electron chi connectivity index (χ0n) is 4.02. The standard InChI is InChI=1S/C4H11OP/c1-4(5)2-3-6/h4-5H,2-3,6H2,1H3/t4-/m0/s1. The van der Waals surface area contributed by atoms with Crippen molar-refractivity contribution in [1.29, 1.82) is 0 Å². The molecule has 0 spiro atoms. The van der Waals surface area contributed by atoms with E-state index in [0.29, 0.717) is 0 Å². The summed E-state index contributed by atoms with van der Waals surface area (Å²) in [5, 5.41) is 8.54. The van der Waals surface area contributed by atoms with Gasteiger partial charge in [-0.05, 0) is 19.5 Å². The second-order valence-electron chi connectivity index (χ2n) is 1.43. The molecular formula is C4H11OP. The van der Waals surface area contributed by atoms with Crippen LogP contribution in [0.4, 0.5) is 0 Å². The molecule has 6 heavy (non-hydrogen) atoms. The van der Waals surface area contributed by atoms with Crippen molar-refractivity contribution in [2.24, 2.45) is 0 Å². The Morgan fingerprint density at radius 1 is 1.83 bits per heavy atom. The van der Waals surface area contributed by atoms with Crippen LogP contribution in [0.1, 0.15) is 13.3 Å². The number of aliphatic hydroxyl groups excluding tert-OH is 1. The molecule has 2 heteroatoms. The van der Waals surface area contributed by atoms with E-state index in [1.54, 1.807) is 6.92 Å². The lowest BCUT2D eigenvalue weighted by molar-refractivity contribution is 0.192. The SMILES string of the molecule is C[C@H](O)CCP. The third kappa shape index (κ3) is 4.39. The summed E-state index contributed by atoms with van der Waals surface area (Å²) in [6.45, 7) is 1.80. The van der Waals surface area contributed by atoms with Crippen LogP contribution in [0.25, 0.3) is 0 Å². The molecule has 0 fully saturated rings. The number of hydrogen-bond acceptors (Lipinski definition) is 1. The monoisotopic (exact) mass is 106 g/mol. The van der Waals surface area contributed by atoms with Gasteiger partial charge in [0.25, 0.3) is 0 Å². The van der Waals surface area contributed by atoms with Crippen molar-refractivity contribution in [1.82, 2.24) is 0 Å². The highest BCUT2D eigenvalue weighted by molar-refractivity contribution is 7.16. The molecule has 0 saturated heterocycles. The molecular weight excluding hydrogens is 95.0 g/mol. The van der Waals surface area contributed by atoms with Crippen molar-refractivity contribution in [3.63, 3.8) is 0 Å². The summed E-state index contributed by atoms with van der Waals surface area (Å²) in [6, 6.07) is 0. The molecule has 0 aromatic rings. The van der Waals surface area contributed by atoms with Crippen molar-refractivity contribution in [2.45, 2.75) is 19.4 Å². The Kier molecular flexibility index (Phi) is 3.81. The van der Waals surface area contributed by atoms with Crippen molar-refractivity contribution >= 4 is 9.24 Å². The summed E-state index contributed by atoms with van der Waals surface area (Å²) >= 11 is 0. The fourth-order valence-electron chi connectivity index (χ4n) is 0.241. The van der Waals surface area contributed by atoms with E-state index in [-0.39, 0.29) is 6.10 Å². The maximum absolute atomic E-state index is 8.54. The van der Waals surface area contributed by atoms with E-state index in [0.717, 1.165) is 12.6 Å². The smallest absolute Gasteiger partial charge is 0.0515 e. The summed E-state index contributed by atoms with van der Waals surface area (Å²) in [5.74, 6) is 0. The Balaban J connectivity index is 2.63. The highest BCUT2D eigenvalue weighted by Gasteiger charge is 1.87. The molecule has 0 amide bonds. The largest absolute Gasteiger partial charge is 0.393 e. The maximum atomic E-state index is 8.54. The zero-order chi connectivity index (χ0) is 4.99. The van der Waals surface area contributed by atoms with Gasteiger partial charge < -0.3 is 5.11 Å². The van der Waals surface area contributed by atoms with Crippen LogP contribution in [-0.4, -0.2) is 17.4 Å². The van der Waals surface area contributed by atoms with E-state index in [2.05, 4.69) is 9.24 Å². The number of hydrogen-bond donors (Lipinski definition) is 1. The van der Waals surface area contributed by atoms with Crippen LogP contribution in [-0.2, 0) is 0 Å². The molecule has 0 saturated carbocycles. The normalized spacial score (nSPS) is 14.5. The van der Waals surface area contributed by atoms with E-state index in [1.165, 1.54) is 0 Å². The molecule has 0 bridgehead atoms. The molecule has 0 aromatic heterocycles. The Hall–Kier alpha value is 0.390. The van der Waals surface area contributed by atoms with Crippen LogP contribution in [0.3, 0.4) is 0 Å². The minimum atomic E-state index is -0.123. The van der Waals surface area contributed by atoms with Crippen molar-refractivity contribution in [2.75, 3.05) is 6.16 Å². The van der Waals surface area contributed by atoms with Crippen LogP contribution >= 0.6 is 9.24 Å². The van der Waals surface area contributed by atoms with Gasteiger partial charge in [0.05, 0.1) is 6.10 Å². The van der Waals surface area contributed by atoms with Crippen LogP contribution < -0.4 is 0 Å². The zero-order valence-corrected chi connectivity index (χ0v) is 5.17. The lowest BCUT2D eigenvalue weighted by Crippen LogP contribution is -1.97. The third-order valence-electron chi connectivity index (χ3n) is 0.584.